The number of hydrogen-bond donors (Lipinski definition) is 0. The highest BCUT2D eigenvalue weighted by atomic mass is 16.5. The molecule has 0 saturated carbocycles. The Balaban J connectivity index is 1.44. The van der Waals surface area contributed by atoms with Gasteiger partial charge in [0.05, 0.1) is 34.6 Å². The van der Waals surface area contributed by atoms with Crippen molar-refractivity contribution >= 4 is 29.4 Å². The lowest BCUT2D eigenvalue weighted by Crippen LogP contribution is -2.49. The lowest BCUT2D eigenvalue weighted by atomic mass is 10.1. The molecule has 0 unspecified atom stereocenters. The van der Waals surface area contributed by atoms with Crippen molar-refractivity contribution in [3.63, 3.8) is 0 Å². The SMILES string of the molecule is C[C@@H]1CN(C(=O)COC(=O)c2cccc(N3C(=O)c4ccccc4C3=O)c2)C[C@@H](C)O1. The van der Waals surface area contributed by atoms with Crippen LogP contribution in [0.3, 0.4) is 0 Å². The molecule has 0 aromatic heterocycles. The summed E-state index contributed by atoms with van der Waals surface area (Å²) in [5.74, 6) is -1.90. The van der Waals surface area contributed by atoms with Crippen LogP contribution in [-0.4, -0.2) is 60.5 Å². The van der Waals surface area contributed by atoms with Gasteiger partial charge in [-0.05, 0) is 44.2 Å². The Bertz CT molecular complexity index is 1020. The molecule has 8 heteroatoms. The number of amides is 3. The van der Waals surface area contributed by atoms with Gasteiger partial charge >= 0.3 is 5.97 Å². The first-order valence-electron chi connectivity index (χ1n) is 10.0. The molecule has 2 aromatic carbocycles. The average molecular weight is 422 g/mol. The van der Waals surface area contributed by atoms with E-state index in [4.69, 9.17) is 9.47 Å². The van der Waals surface area contributed by atoms with Crippen LogP contribution in [0.15, 0.2) is 48.5 Å². The molecular formula is C23H22N2O6. The van der Waals surface area contributed by atoms with Gasteiger partial charge < -0.3 is 14.4 Å². The smallest absolute Gasteiger partial charge is 0.338 e. The van der Waals surface area contributed by atoms with Gasteiger partial charge in [0.15, 0.2) is 6.61 Å². The normalized spacial score (nSPS) is 20.6. The van der Waals surface area contributed by atoms with Crippen LogP contribution in [0.2, 0.25) is 0 Å². The Morgan fingerprint density at radius 3 is 2.19 bits per heavy atom. The zero-order valence-corrected chi connectivity index (χ0v) is 17.2. The highest BCUT2D eigenvalue weighted by molar-refractivity contribution is 6.34. The number of hydrogen-bond acceptors (Lipinski definition) is 6. The zero-order chi connectivity index (χ0) is 22.1. The van der Waals surface area contributed by atoms with Gasteiger partial charge in [0.1, 0.15) is 0 Å². The lowest BCUT2D eigenvalue weighted by molar-refractivity contribution is -0.146. The van der Waals surface area contributed by atoms with Gasteiger partial charge in [-0.3, -0.25) is 14.4 Å². The van der Waals surface area contributed by atoms with Crippen molar-refractivity contribution in [1.82, 2.24) is 4.90 Å². The second-order valence-electron chi connectivity index (χ2n) is 7.67. The number of anilines is 1. The molecule has 0 aliphatic carbocycles. The summed E-state index contributed by atoms with van der Waals surface area (Å²) in [6, 6.07) is 12.6. The van der Waals surface area contributed by atoms with Crippen LogP contribution in [0.1, 0.15) is 44.9 Å². The first kappa shape index (κ1) is 20.7. The molecular weight excluding hydrogens is 400 g/mol. The molecule has 3 amide bonds. The number of benzene rings is 2. The summed E-state index contributed by atoms with van der Waals surface area (Å²) >= 11 is 0. The average Bonchev–Trinajstić information content (AvgIpc) is 3.01. The minimum Gasteiger partial charge on any atom is -0.452 e. The number of morpholine rings is 1. The standard InChI is InChI=1S/C23H22N2O6/c1-14-11-24(12-15(2)31-14)20(26)13-30-23(29)16-6-5-7-17(10-16)25-21(27)18-8-3-4-9-19(18)22(25)28/h3-10,14-15H,11-13H2,1-2H3/t14-,15-/m1/s1. The van der Waals surface area contributed by atoms with E-state index in [1.165, 1.54) is 12.1 Å². The minimum atomic E-state index is -0.707. The number of nitrogens with zero attached hydrogens (tertiary/aromatic N) is 2. The topological polar surface area (TPSA) is 93.2 Å². The Morgan fingerprint density at radius 2 is 1.58 bits per heavy atom. The summed E-state index contributed by atoms with van der Waals surface area (Å²) in [7, 11) is 0. The van der Waals surface area contributed by atoms with E-state index in [-0.39, 0.29) is 29.4 Å². The van der Waals surface area contributed by atoms with Crippen LogP contribution in [0.4, 0.5) is 5.69 Å². The Kier molecular flexibility index (Phi) is 5.56. The molecule has 2 aliphatic rings. The summed E-state index contributed by atoms with van der Waals surface area (Å²) in [4.78, 5) is 52.9. The third-order valence-electron chi connectivity index (χ3n) is 5.23. The molecule has 0 radical (unpaired) electrons. The molecule has 31 heavy (non-hydrogen) atoms. The van der Waals surface area contributed by atoms with Crippen molar-refractivity contribution in [2.45, 2.75) is 26.1 Å². The number of imide groups is 1. The Labute approximate surface area is 179 Å². The third kappa shape index (κ3) is 4.06. The van der Waals surface area contributed by atoms with E-state index in [1.54, 1.807) is 41.3 Å². The van der Waals surface area contributed by atoms with Crippen LogP contribution in [0.5, 0.6) is 0 Å². The van der Waals surface area contributed by atoms with Gasteiger partial charge in [-0.2, -0.15) is 0 Å². The van der Waals surface area contributed by atoms with Crippen molar-refractivity contribution < 1.29 is 28.7 Å². The molecule has 160 valence electrons. The molecule has 4 rings (SSSR count). The van der Waals surface area contributed by atoms with Gasteiger partial charge in [0.2, 0.25) is 0 Å². The summed E-state index contributed by atoms with van der Waals surface area (Å²) in [5.41, 5.74) is 1.05. The monoisotopic (exact) mass is 422 g/mol. The van der Waals surface area contributed by atoms with Gasteiger partial charge in [0, 0.05) is 13.1 Å². The lowest BCUT2D eigenvalue weighted by Gasteiger charge is -2.35. The van der Waals surface area contributed by atoms with Gasteiger partial charge in [-0.15, -0.1) is 0 Å². The Morgan fingerprint density at radius 1 is 0.968 bits per heavy atom. The van der Waals surface area contributed by atoms with E-state index in [2.05, 4.69) is 0 Å². The molecule has 2 aromatic rings. The molecule has 2 heterocycles. The molecule has 8 nitrogen and oxygen atoms in total. The molecule has 1 fully saturated rings. The van der Waals surface area contributed by atoms with Crippen molar-refractivity contribution in [1.29, 1.82) is 0 Å². The van der Waals surface area contributed by atoms with Gasteiger partial charge in [-0.25, -0.2) is 9.69 Å². The first-order valence-corrected chi connectivity index (χ1v) is 10.0. The van der Waals surface area contributed by atoms with Crippen molar-refractivity contribution in [3.05, 3.63) is 65.2 Å². The Hall–Kier alpha value is -3.52. The second-order valence-corrected chi connectivity index (χ2v) is 7.67. The van der Waals surface area contributed by atoms with Gasteiger partial charge in [0.25, 0.3) is 17.7 Å². The van der Waals surface area contributed by atoms with Crippen LogP contribution in [-0.2, 0) is 14.3 Å². The number of carbonyl (C=O) groups is 4. The quantitative estimate of drug-likeness (QED) is 0.554. The molecule has 2 atom stereocenters. The number of carbonyl (C=O) groups excluding carboxylic acids is 4. The number of esters is 1. The predicted molar refractivity (Wildman–Crippen MR) is 111 cm³/mol. The highest BCUT2D eigenvalue weighted by Crippen LogP contribution is 2.28. The van der Waals surface area contributed by atoms with E-state index < -0.39 is 24.4 Å². The summed E-state index contributed by atoms with van der Waals surface area (Å²) in [5, 5.41) is 0. The maximum Gasteiger partial charge on any atom is 0.338 e. The number of ether oxygens (including phenoxy) is 2. The summed E-state index contributed by atoms with van der Waals surface area (Å²) < 4.78 is 10.8. The molecule has 0 N–H and O–H groups in total. The van der Waals surface area contributed by atoms with Gasteiger partial charge in [-0.1, -0.05) is 18.2 Å². The fourth-order valence-corrected chi connectivity index (χ4v) is 3.88. The first-order chi connectivity index (χ1) is 14.8. The highest BCUT2D eigenvalue weighted by Gasteiger charge is 2.36. The fraction of sp³-hybridized carbons (Fsp3) is 0.304. The van der Waals surface area contributed by atoms with E-state index in [0.29, 0.717) is 24.2 Å². The maximum atomic E-state index is 12.7. The molecule has 0 bridgehead atoms. The minimum absolute atomic E-state index is 0.0836. The van der Waals surface area contributed by atoms with Crippen molar-refractivity contribution in [2.75, 3.05) is 24.6 Å². The van der Waals surface area contributed by atoms with E-state index in [1.807, 2.05) is 13.8 Å². The van der Waals surface area contributed by atoms with Crippen LogP contribution in [0.25, 0.3) is 0 Å². The predicted octanol–water partition coefficient (Wildman–Crippen LogP) is 2.28. The van der Waals surface area contributed by atoms with Crippen LogP contribution < -0.4 is 4.90 Å². The number of fused-ring (bicyclic) bond motifs is 1. The number of rotatable bonds is 4. The largest absolute Gasteiger partial charge is 0.452 e. The summed E-state index contributed by atoms with van der Waals surface area (Å²) in [6.45, 7) is 4.25. The molecule has 0 spiro atoms. The zero-order valence-electron chi connectivity index (χ0n) is 17.2. The van der Waals surface area contributed by atoms with E-state index in [9.17, 15) is 19.2 Å². The second kappa shape index (κ2) is 8.31. The van der Waals surface area contributed by atoms with Crippen LogP contribution >= 0.6 is 0 Å². The fourth-order valence-electron chi connectivity index (χ4n) is 3.88. The molecule has 1 saturated heterocycles. The molecule has 2 aliphatic heterocycles. The van der Waals surface area contributed by atoms with Crippen molar-refractivity contribution in [2.24, 2.45) is 0 Å². The third-order valence-corrected chi connectivity index (χ3v) is 5.23. The van der Waals surface area contributed by atoms with Crippen molar-refractivity contribution in [3.8, 4) is 0 Å². The van der Waals surface area contributed by atoms with E-state index >= 15 is 0 Å². The maximum absolute atomic E-state index is 12.7. The summed E-state index contributed by atoms with van der Waals surface area (Å²) in [6.07, 6.45) is -0.167. The van der Waals surface area contributed by atoms with E-state index in [0.717, 1.165) is 4.90 Å². The van der Waals surface area contributed by atoms with Crippen LogP contribution in [0, 0.1) is 0 Å².